The maximum Gasteiger partial charge on any atom is 0.326 e. The number of nitrogens with zero attached hydrogens (tertiary/aromatic N) is 2. The number of rotatable bonds is 2. The number of imidazole rings is 1. The highest BCUT2D eigenvalue weighted by atomic mass is 16.1. The third kappa shape index (κ3) is 1.78. The first-order chi connectivity index (χ1) is 9.08. The SMILES string of the molecule is CC(C)Cn1c(=O)[nH]c2c(N)nc3ccccc3c21. The third-order valence-corrected chi connectivity index (χ3v) is 3.19. The molecule has 0 atom stereocenters. The second-order valence-electron chi connectivity index (χ2n) is 5.17. The van der Waals surface area contributed by atoms with Crippen LogP contribution in [-0.4, -0.2) is 14.5 Å². The van der Waals surface area contributed by atoms with Gasteiger partial charge in [-0.15, -0.1) is 0 Å². The van der Waals surface area contributed by atoms with Gasteiger partial charge in [0.05, 0.1) is 11.0 Å². The lowest BCUT2D eigenvalue weighted by atomic mass is 10.1. The molecule has 98 valence electrons. The predicted molar refractivity (Wildman–Crippen MR) is 77.1 cm³/mol. The van der Waals surface area contributed by atoms with Crippen LogP contribution < -0.4 is 11.4 Å². The smallest absolute Gasteiger partial charge is 0.326 e. The Labute approximate surface area is 110 Å². The number of fused-ring (bicyclic) bond motifs is 3. The van der Waals surface area contributed by atoms with E-state index in [0.717, 1.165) is 16.4 Å². The van der Waals surface area contributed by atoms with E-state index in [-0.39, 0.29) is 5.69 Å². The van der Waals surface area contributed by atoms with Crippen molar-refractivity contribution in [1.29, 1.82) is 0 Å². The number of anilines is 1. The van der Waals surface area contributed by atoms with Crippen molar-refractivity contribution in [3.8, 4) is 0 Å². The average Bonchev–Trinajstić information content (AvgIpc) is 2.68. The molecule has 0 aliphatic heterocycles. The van der Waals surface area contributed by atoms with Crippen LogP contribution in [0.15, 0.2) is 29.1 Å². The van der Waals surface area contributed by atoms with E-state index in [2.05, 4.69) is 23.8 Å². The third-order valence-electron chi connectivity index (χ3n) is 3.19. The Morgan fingerprint density at radius 2 is 2.11 bits per heavy atom. The van der Waals surface area contributed by atoms with E-state index < -0.39 is 0 Å². The molecule has 0 spiro atoms. The van der Waals surface area contributed by atoms with Crippen LogP contribution in [0.5, 0.6) is 0 Å². The lowest BCUT2D eigenvalue weighted by molar-refractivity contribution is 0.523. The molecular formula is C14H16N4O. The Morgan fingerprint density at radius 3 is 2.84 bits per heavy atom. The van der Waals surface area contributed by atoms with Crippen LogP contribution in [-0.2, 0) is 6.54 Å². The second kappa shape index (κ2) is 4.12. The molecule has 3 rings (SSSR count). The molecule has 0 radical (unpaired) electrons. The van der Waals surface area contributed by atoms with Crippen molar-refractivity contribution in [1.82, 2.24) is 14.5 Å². The minimum atomic E-state index is -0.131. The van der Waals surface area contributed by atoms with Crippen LogP contribution in [0.1, 0.15) is 13.8 Å². The molecule has 5 nitrogen and oxygen atoms in total. The summed E-state index contributed by atoms with van der Waals surface area (Å²) in [6, 6.07) is 7.73. The van der Waals surface area contributed by atoms with E-state index >= 15 is 0 Å². The number of pyridine rings is 1. The lowest BCUT2D eigenvalue weighted by Gasteiger charge is -2.08. The number of hydrogen-bond donors (Lipinski definition) is 2. The van der Waals surface area contributed by atoms with E-state index in [1.807, 2.05) is 24.3 Å². The number of benzene rings is 1. The number of nitrogens with one attached hydrogen (secondary N) is 1. The zero-order valence-corrected chi connectivity index (χ0v) is 11.0. The Kier molecular flexibility index (Phi) is 2.55. The van der Waals surface area contributed by atoms with Crippen molar-refractivity contribution in [2.24, 2.45) is 5.92 Å². The van der Waals surface area contributed by atoms with Crippen LogP contribution in [0.3, 0.4) is 0 Å². The summed E-state index contributed by atoms with van der Waals surface area (Å²) in [6.07, 6.45) is 0. The van der Waals surface area contributed by atoms with Crippen LogP contribution in [0.4, 0.5) is 5.82 Å². The summed E-state index contributed by atoms with van der Waals surface area (Å²) in [5, 5.41) is 0.950. The van der Waals surface area contributed by atoms with Gasteiger partial charge in [-0.2, -0.15) is 0 Å². The van der Waals surface area contributed by atoms with Gasteiger partial charge in [-0.25, -0.2) is 9.78 Å². The van der Waals surface area contributed by atoms with Crippen LogP contribution in [0.25, 0.3) is 21.9 Å². The second-order valence-corrected chi connectivity index (χ2v) is 5.17. The fourth-order valence-electron chi connectivity index (χ4n) is 2.43. The molecular weight excluding hydrogens is 240 g/mol. The predicted octanol–water partition coefficient (Wildman–Crippen LogP) is 2.12. The van der Waals surface area contributed by atoms with Crippen molar-refractivity contribution in [2.45, 2.75) is 20.4 Å². The molecule has 0 aliphatic rings. The highest BCUT2D eigenvalue weighted by Gasteiger charge is 2.14. The molecule has 2 aromatic heterocycles. The van der Waals surface area contributed by atoms with Gasteiger partial charge in [-0.05, 0) is 12.0 Å². The van der Waals surface area contributed by atoms with E-state index in [1.165, 1.54) is 0 Å². The lowest BCUT2D eigenvalue weighted by Crippen LogP contribution is -2.19. The minimum Gasteiger partial charge on any atom is -0.382 e. The standard InChI is InChI=1S/C14H16N4O/c1-8(2)7-18-12-9-5-3-4-6-10(9)16-13(15)11(12)17-14(18)19/h3-6,8H,7H2,1-2H3,(H2,15,16)(H,17,19). The van der Waals surface area contributed by atoms with Gasteiger partial charge in [-0.1, -0.05) is 32.0 Å². The summed E-state index contributed by atoms with van der Waals surface area (Å²) < 4.78 is 1.75. The normalized spacial score (nSPS) is 11.7. The molecule has 1 aromatic carbocycles. The van der Waals surface area contributed by atoms with Gasteiger partial charge in [0.15, 0.2) is 0 Å². The Bertz CT molecular complexity index is 813. The number of hydrogen-bond acceptors (Lipinski definition) is 3. The largest absolute Gasteiger partial charge is 0.382 e. The van der Waals surface area contributed by atoms with E-state index in [0.29, 0.717) is 23.8 Å². The fraction of sp³-hybridized carbons (Fsp3) is 0.286. The molecule has 3 aromatic rings. The van der Waals surface area contributed by atoms with Crippen molar-refractivity contribution in [3.63, 3.8) is 0 Å². The number of H-pyrrole nitrogens is 1. The molecule has 0 saturated heterocycles. The number of aromatic nitrogens is 3. The molecule has 0 unspecified atom stereocenters. The maximum atomic E-state index is 12.1. The summed E-state index contributed by atoms with van der Waals surface area (Å²) in [5.74, 6) is 0.748. The van der Waals surface area contributed by atoms with Gasteiger partial charge in [-0.3, -0.25) is 4.57 Å². The molecule has 0 aliphatic carbocycles. The summed E-state index contributed by atoms with van der Waals surface area (Å²) in [7, 11) is 0. The highest BCUT2D eigenvalue weighted by Crippen LogP contribution is 2.25. The van der Waals surface area contributed by atoms with E-state index in [9.17, 15) is 4.79 Å². The monoisotopic (exact) mass is 256 g/mol. The van der Waals surface area contributed by atoms with Gasteiger partial charge in [0.2, 0.25) is 0 Å². The number of nitrogen functional groups attached to an aromatic ring is 1. The van der Waals surface area contributed by atoms with Crippen LogP contribution >= 0.6 is 0 Å². The maximum absolute atomic E-state index is 12.1. The highest BCUT2D eigenvalue weighted by molar-refractivity contribution is 6.06. The van der Waals surface area contributed by atoms with E-state index in [4.69, 9.17) is 5.73 Å². The van der Waals surface area contributed by atoms with Gasteiger partial charge >= 0.3 is 5.69 Å². The summed E-state index contributed by atoms with van der Waals surface area (Å²) >= 11 is 0. The number of para-hydroxylation sites is 1. The van der Waals surface area contributed by atoms with Gasteiger partial charge in [0.25, 0.3) is 0 Å². The molecule has 3 N–H and O–H groups in total. The first-order valence-electron chi connectivity index (χ1n) is 6.34. The van der Waals surface area contributed by atoms with Crippen molar-refractivity contribution in [2.75, 3.05) is 5.73 Å². The Morgan fingerprint density at radius 1 is 1.37 bits per heavy atom. The summed E-state index contributed by atoms with van der Waals surface area (Å²) in [5.41, 5.74) is 8.10. The minimum absolute atomic E-state index is 0.131. The van der Waals surface area contributed by atoms with Gasteiger partial charge in [0, 0.05) is 11.9 Å². The van der Waals surface area contributed by atoms with E-state index in [1.54, 1.807) is 4.57 Å². The molecule has 0 amide bonds. The van der Waals surface area contributed by atoms with Crippen LogP contribution in [0, 0.1) is 5.92 Å². The van der Waals surface area contributed by atoms with Crippen LogP contribution in [0.2, 0.25) is 0 Å². The summed E-state index contributed by atoms with van der Waals surface area (Å²) in [4.78, 5) is 19.2. The average molecular weight is 256 g/mol. The van der Waals surface area contributed by atoms with Gasteiger partial charge in [0.1, 0.15) is 11.3 Å². The quantitative estimate of drug-likeness (QED) is 0.737. The molecule has 0 saturated carbocycles. The fourth-order valence-corrected chi connectivity index (χ4v) is 2.43. The zero-order chi connectivity index (χ0) is 13.6. The topological polar surface area (TPSA) is 76.7 Å². The molecule has 5 heteroatoms. The first-order valence-corrected chi connectivity index (χ1v) is 6.34. The molecule has 19 heavy (non-hydrogen) atoms. The molecule has 0 fully saturated rings. The Hall–Kier alpha value is -2.30. The Balaban J connectivity index is 2.49. The zero-order valence-electron chi connectivity index (χ0n) is 11.0. The summed E-state index contributed by atoms with van der Waals surface area (Å²) in [6.45, 7) is 4.82. The van der Waals surface area contributed by atoms with Crippen molar-refractivity contribution in [3.05, 3.63) is 34.7 Å². The van der Waals surface area contributed by atoms with Crippen molar-refractivity contribution < 1.29 is 0 Å². The first kappa shape index (κ1) is 11.8. The van der Waals surface area contributed by atoms with Gasteiger partial charge < -0.3 is 10.7 Å². The number of nitrogens with two attached hydrogens (primary N) is 1. The molecule has 0 bridgehead atoms. The number of aromatic amines is 1. The van der Waals surface area contributed by atoms with Crippen molar-refractivity contribution >= 4 is 27.8 Å². The molecule has 2 heterocycles.